The highest BCUT2D eigenvalue weighted by atomic mass is 32.2. The van der Waals surface area contributed by atoms with Crippen LogP contribution in [0.15, 0.2) is 30.3 Å². The second kappa shape index (κ2) is 7.40. The molecule has 0 fully saturated rings. The highest BCUT2D eigenvalue weighted by Crippen LogP contribution is 2.14. The standard InChI is InChI=1S/C14H21NO4S/c1-3-15(4-2)20(18,19)11-13(14(16)17)10-12-8-6-5-7-9-12/h5-9,13H,3-4,10-11H2,1-2H3,(H,16,17)/t13-/m0/s1. The zero-order valence-electron chi connectivity index (χ0n) is 11.8. The first-order valence-electron chi connectivity index (χ1n) is 6.65. The summed E-state index contributed by atoms with van der Waals surface area (Å²) in [5, 5.41) is 9.24. The SMILES string of the molecule is CCN(CC)S(=O)(=O)C[C@H](Cc1ccccc1)C(=O)O. The minimum absolute atomic E-state index is 0.219. The summed E-state index contributed by atoms with van der Waals surface area (Å²) in [4.78, 5) is 11.3. The molecule has 1 aromatic carbocycles. The van der Waals surface area contributed by atoms with Crippen molar-refractivity contribution in [3.05, 3.63) is 35.9 Å². The molecule has 112 valence electrons. The Labute approximate surface area is 120 Å². The lowest BCUT2D eigenvalue weighted by molar-refractivity contribution is -0.140. The Hall–Kier alpha value is -1.40. The van der Waals surface area contributed by atoms with Gasteiger partial charge in [-0.2, -0.15) is 0 Å². The average molecular weight is 299 g/mol. The molecule has 0 aromatic heterocycles. The van der Waals surface area contributed by atoms with Crippen LogP contribution in [0.4, 0.5) is 0 Å². The van der Waals surface area contributed by atoms with E-state index in [1.165, 1.54) is 4.31 Å². The van der Waals surface area contributed by atoms with Gasteiger partial charge in [0.15, 0.2) is 0 Å². The minimum Gasteiger partial charge on any atom is -0.481 e. The van der Waals surface area contributed by atoms with Crippen molar-refractivity contribution in [3.63, 3.8) is 0 Å². The lowest BCUT2D eigenvalue weighted by atomic mass is 10.0. The summed E-state index contributed by atoms with van der Waals surface area (Å²) < 4.78 is 25.6. The molecule has 1 N–H and O–H groups in total. The van der Waals surface area contributed by atoms with Gasteiger partial charge < -0.3 is 5.11 Å². The van der Waals surface area contributed by atoms with Gasteiger partial charge in [-0.05, 0) is 12.0 Å². The quantitative estimate of drug-likeness (QED) is 0.791. The Bertz CT molecular complexity index is 523. The van der Waals surface area contributed by atoms with Crippen molar-refractivity contribution in [2.24, 2.45) is 5.92 Å². The molecule has 0 amide bonds. The second-order valence-electron chi connectivity index (χ2n) is 4.59. The predicted molar refractivity (Wildman–Crippen MR) is 78.0 cm³/mol. The van der Waals surface area contributed by atoms with Crippen molar-refractivity contribution >= 4 is 16.0 Å². The number of carbonyl (C=O) groups is 1. The van der Waals surface area contributed by atoms with Crippen molar-refractivity contribution in [2.75, 3.05) is 18.8 Å². The van der Waals surface area contributed by atoms with Gasteiger partial charge in [-0.15, -0.1) is 0 Å². The summed E-state index contributed by atoms with van der Waals surface area (Å²) in [5.74, 6) is -2.37. The normalized spacial score (nSPS) is 13.3. The van der Waals surface area contributed by atoms with Crippen LogP contribution in [0.25, 0.3) is 0 Å². The largest absolute Gasteiger partial charge is 0.481 e. The number of hydrogen-bond acceptors (Lipinski definition) is 3. The summed E-state index contributed by atoms with van der Waals surface area (Å²) >= 11 is 0. The van der Waals surface area contributed by atoms with Crippen molar-refractivity contribution in [1.82, 2.24) is 4.31 Å². The third-order valence-corrected chi connectivity index (χ3v) is 5.31. The average Bonchev–Trinajstić information content (AvgIpc) is 2.39. The highest BCUT2D eigenvalue weighted by Gasteiger charge is 2.28. The monoisotopic (exact) mass is 299 g/mol. The Kier molecular flexibility index (Phi) is 6.16. The molecule has 5 nitrogen and oxygen atoms in total. The van der Waals surface area contributed by atoms with E-state index < -0.39 is 21.9 Å². The molecule has 1 atom stereocenters. The third kappa shape index (κ3) is 4.61. The zero-order chi connectivity index (χ0) is 15.2. The molecule has 0 heterocycles. The van der Waals surface area contributed by atoms with E-state index in [2.05, 4.69) is 0 Å². The van der Waals surface area contributed by atoms with Crippen molar-refractivity contribution < 1.29 is 18.3 Å². The number of carboxylic acids is 1. The maximum absolute atomic E-state index is 12.2. The number of sulfonamides is 1. The first-order chi connectivity index (χ1) is 9.40. The van der Waals surface area contributed by atoms with Crippen LogP contribution in [-0.4, -0.2) is 42.6 Å². The van der Waals surface area contributed by atoms with Crippen LogP contribution in [0.5, 0.6) is 0 Å². The van der Waals surface area contributed by atoms with E-state index in [0.717, 1.165) is 5.56 Å². The number of aliphatic carboxylic acids is 1. The Morgan fingerprint density at radius 3 is 2.20 bits per heavy atom. The lowest BCUT2D eigenvalue weighted by Crippen LogP contribution is -2.37. The van der Waals surface area contributed by atoms with E-state index in [1.54, 1.807) is 26.0 Å². The van der Waals surface area contributed by atoms with Crippen LogP contribution in [0, 0.1) is 5.92 Å². The molecule has 0 saturated carbocycles. The number of nitrogens with zero attached hydrogens (tertiary/aromatic N) is 1. The molecule has 0 bridgehead atoms. The van der Waals surface area contributed by atoms with Gasteiger partial charge in [0, 0.05) is 13.1 Å². The van der Waals surface area contributed by atoms with Gasteiger partial charge in [-0.3, -0.25) is 4.79 Å². The molecule has 1 rings (SSSR count). The van der Waals surface area contributed by atoms with Gasteiger partial charge in [-0.25, -0.2) is 12.7 Å². The Morgan fingerprint density at radius 1 is 1.20 bits per heavy atom. The number of carboxylic acid groups (broad SMARTS) is 1. The molecule has 0 spiro atoms. The fraction of sp³-hybridized carbons (Fsp3) is 0.500. The molecule has 0 unspecified atom stereocenters. The van der Waals surface area contributed by atoms with Crippen molar-refractivity contribution in [3.8, 4) is 0 Å². The molecular weight excluding hydrogens is 278 g/mol. The van der Waals surface area contributed by atoms with Gasteiger partial charge in [0.2, 0.25) is 10.0 Å². The molecule has 1 aromatic rings. The van der Waals surface area contributed by atoms with Crippen LogP contribution < -0.4 is 0 Å². The van der Waals surface area contributed by atoms with E-state index in [1.807, 2.05) is 18.2 Å². The first kappa shape index (κ1) is 16.7. The molecule has 0 aliphatic rings. The van der Waals surface area contributed by atoms with Gasteiger partial charge in [0.05, 0.1) is 11.7 Å². The molecule has 0 saturated heterocycles. The van der Waals surface area contributed by atoms with Crippen LogP contribution >= 0.6 is 0 Å². The van der Waals surface area contributed by atoms with E-state index >= 15 is 0 Å². The van der Waals surface area contributed by atoms with E-state index in [9.17, 15) is 18.3 Å². The highest BCUT2D eigenvalue weighted by molar-refractivity contribution is 7.89. The molecular formula is C14H21NO4S. The zero-order valence-corrected chi connectivity index (χ0v) is 12.6. The minimum atomic E-state index is -3.53. The Balaban J connectivity index is 2.86. The lowest BCUT2D eigenvalue weighted by Gasteiger charge is -2.21. The summed E-state index contributed by atoms with van der Waals surface area (Å²) in [5.41, 5.74) is 0.828. The smallest absolute Gasteiger partial charge is 0.307 e. The van der Waals surface area contributed by atoms with Crippen molar-refractivity contribution in [1.29, 1.82) is 0 Å². The van der Waals surface area contributed by atoms with E-state index in [4.69, 9.17) is 0 Å². The van der Waals surface area contributed by atoms with Crippen LogP contribution in [-0.2, 0) is 21.2 Å². The number of rotatable bonds is 8. The Morgan fingerprint density at radius 2 is 1.75 bits per heavy atom. The van der Waals surface area contributed by atoms with Gasteiger partial charge >= 0.3 is 5.97 Å². The predicted octanol–water partition coefficient (Wildman–Crippen LogP) is 1.60. The van der Waals surface area contributed by atoms with Crippen LogP contribution in [0.3, 0.4) is 0 Å². The fourth-order valence-electron chi connectivity index (χ4n) is 2.09. The number of benzene rings is 1. The molecule has 0 radical (unpaired) electrons. The van der Waals surface area contributed by atoms with Crippen LogP contribution in [0.2, 0.25) is 0 Å². The summed E-state index contributed by atoms with van der Waals surface area (Å²) in [7, 11) is -3.53. The molecule has 6 heteroatoms. The maximum Gasteiger partial charge on any atom is 0.307 e. The molecule has 20 heavy (non-hydrogen) atoms. The second-order valence-corrected chi connectivity index (χ2v) is 6.60. The fourth-order valence-corrected chi connectivity index (χ4v) is 3.86. The maximum atomic E-state index is 12.2. The third-order valence-electron chi connectivity index (χ3n) is 3.18. The molecule has 0 aliphatic heterocycles. The van der Waals surface area contributed by atoms with Gasteiger partial charge in [0.1, 0.15) is 0 Å². The topological polar surface area (TPSA) is 74.7 Å². The molecule has 0 aliphatic carbocycles. The van der Waals surface area contributed by atoms with Gasteiger partial charge in [-0.1, -0.05) is 44.2 Å². The van der Waals surface area contributed by atoms with Gasteiger partial charge in [0.25, 0.3) is 0 Å². The number of hydrogen-bond donors (Lipinski definition) is 1. The summed E-state index contributed by atoms with van der Waals surface area (Å²) in [6, 6.07) is 9.08. The summed E-state index contributed by atoms with van der Waals surface area (Å²) in [6.07, 6.45) is 0.219. The summed E-state index contributed by atoms with van der Waals surface area (Å²) in [6.45, 7) is 4.20. The first-order valence-corrected chi connectivity index (χ1v) is 8.26. The van der Waals surface area contributed by atoms with E-state index in [-0.39, 0.29) is 12.2 Å². The van der Waals surface area contributed by atoms with E-state index in [0.29, 0.717) is 13.1 Å². The van der Waals surface area contributed by atoms with Crippen molar-refractivity contribution in [2.45, 2.75) is 20.3 Å². The van der Waals surface area contributed by atoms with Crippen LogP contribution in [0.1, 0.15) is 19.4 Å².